The van der Waals surface area contributed by atoms with Crippen LogP contribution in [0.25, 0.3) is 0 Å². The van der Waals surface area contributed by atoms with Crippen molar-refractivity contribution in [3.05, 3.63) is 59.2 Å². The van der Waals surface area contributed by atoms with Gasteiger partial charge in [0, 0.05) is 25.2 Å². The number of benzene rings is 2. The summed E-state index contributed by atoms with van der Waals surface area (Å²) in [4.78, 5) is 13.3. The molecular formula is C18H18F2N2O3S. The maximum atomic E-state index is 13.3. The van der Waals surface area contributed by atoms with Crippen LogP contribution in [0.2, 0.25) is 0 Å². The number of carbonyl (C=O) groups is 1. The summed E-state index contributed by atoms with van der Waals surface area (Å²) in [5.41, 5.74) is 2.23. The van der Waals surface area contributed by atoms with Crippen LogP contribution >= 0.6 is 0 Å². The first-order valence-corrected chi connectivity index (χ1v) is 9.66. The molecule has 0 saturated heterocycles. The molecule has 0 aromatic heterocycles. The molecule has 0 spiro atoms. The lowest BCUT2D eigenvalue weighted by molar-refractivity contribution is -0.131. The monoisotopic (exact) mass is 380 g/mol. The predicted molar refractivity (Wildman–Crippen MR) is 93.0 cm³/mol. The summed E-state index contributed by atoms with van der Waals surface area (Å²) in [5, 5.41) is 0. The molecule has 1 aliphatic heterocycles. The molecule has 0 radical (unpaired) electrons. The smallest absolute Gasteiger partial charge is 0.261 e. The summed E-state index contributed by atoms with van der Waals surface area (Å²) in [6.07, 6.45) is 1.12. The van der Waals surface area contributed by atoms with Crippen LogP contribution in [-0.2, 0) is 27.8 Å². The van der Waals surface area contributed by atoms with Gasteiger partial charge in [-0.15, -0.1) is 0 Å². The van der Waals surface area contributed by atoms with Crippen LogP contribution in [0, 0.1) is 11.6 Å². The van der Waals surface area contributed by atoms with Crippen LogP contribution in [-0.4, -0.2) is 25.8 Å². The number of amides is 1. The number of nitrogens with zero attached hydrogens (tertiary/aromatic N) is 1. The minimum Gasteiger partial charge on any atom is -0.338 e. The van der Waals surface area contributed by atoms with Crippen molar-refractivity contribution in [2.24, 2.45) is 0 Å². The van der Waals surface area contributed by atoms with Crippen molar-refractivity contribution < 1.29 is 22.0 Å². The third-order valence-corrected chi connectivity index (χ3v) is 5.71. The first-order valence-electron chi connectivity index (χ1n) is 8.17. The fourth-order valence-corrected chi connectivity index (χ4v) is 3.98. The normalized spacial score (nSPS) is 14.0. The highest BCUT2D eigenvalue weighted by molar-refractivity contribution is 7.92. The highest BCUT2D eigenvalue weighted by Gasteiger charge is 2.21. The van der Waals surface area contributed by atoms with Gasteiger partial charge in [0.15, 0.2) is 11.6 Å². The average molecular weight is 380 g/mol. The number of halogens is 2. The zero-order valence-electron chi connectivity index (χ0n) is 14.1. The number of sulfonamides is 1. The fourth-order valence-electron chi connectivity index (χ4n) is 2.92. The number of fused-ring (bicyclic) bond motifs is 1. The number of hydrogen-bond acceptors (Lipinski definition) is 3. The van der Waals surface area contributed by atoms with Crippen molar-refractivity contribution in [2.75, 3.05) is 11.3 Å². The molecule has 0 fully saturated rings. The molecule has 138 valence electrons. The summed E-state index contributed by atoms with van der Waals surface area (Å²) in [6, 6.07) is 7.51. The second-order valence-corrected chi connectivity index (χ2v) is 7.77. The van der Waals surface area contributed by atoms with Gasteiger partial charge in [-0.3, -0.25) is 9.52 Å². The van der Waals surface area contributed by atoms with Crippen molar-refractivity contribution in [2.45, 2.75) is 31.2 Å². The molecule has 1 N–H and O–H groups in total. The van der Waals surface area contributed by atoms with Crippen LogP contribution in [0.5, 0.6) is 0 Å². The van der Waals surface area contributed by atoms with E-state index in [1.165, 1.54) is 0 Å². The summed E-state index contributed by atoms with van der Waals surface area (Å²) >= 11 is 0. The van der Waals surface area contributed by atoms with E-state index in [1.807, 2.05) is 6.07 Å². The van der Waals surface area contributed by atoms with Crippen LogP contribution in [0.3, 0.4) is 0 Å². The molecule has 26 heavy (non-hydrogen) atoms. The molecule has 5 nitrogen and oxygen atoms in total. The zero-order chi connectivity index (χ0) is 18.9. The Morgan fingerprint density at radius 1 is 1.12 bits per heavy atom. The van der Waals surface area contributed by atoms with Crippen molar-refractivity contribution in [3.8, 4) is 0 Å². The Morgan fingerprint density at radius 2 is 1.88 bits per heavy atom. The molecule has 8 heteroatoms. The van der Waals surface area contributed by atoms with Crippen molar-refractivity contribution in [3.63, 3.8) is 0 Å². The Morgan fingerprint density at radius 3 is 2.58 bits per heavy atom. The standard InChI is InChI=1S/C18H18F2N2O3S/c1-2-18(23)22-8-7-12-3-4-14(9-13(12)11-22)21-26(24,25)15-5-6-16(19)17(20)10-15/h3-6,9-10,21H,2,7-8,11H2,1H3. The van der Waals surface area contributed by atoms with Gasteiger partial charge in [-0.05, 0) is 47.9 Å². The lowest BCUT2D eigenvalue weighted by atomic mass is 9.99. The Labute approximate surface area is 150 Å². The quantitative estimate of drug-likeness (QED) is 0.887. The topological polar surface area (TPSA) is 66.5 Å². The highest BCUT2D eigenvalue weighted by Crippen LogP contribution is 2.25. The molecule has 2 aromatic rings. The number of anilines is 1. The molecule has 0 aliphatic carbocycles. The second kappa shape index (κ2) is 7.03. The van der Waals surface area contributed by atoms with Crippen molar-refractivity contribution in [1.82, 2.24) is 4.90 Å². The molecule has 3 rings (SSSR count). The van der Waals surface area contributed by atoms with E-state index in [1.54, 1.807) is 24.0 Å². The molecule has 2 aromatic carbocycles. The summed E-state index contributed by atoms with van der Waals surface area (Å²) < 4.78 is 53.5. The van der Waals surface area contributed by atoms with Gasteiger partial charge in [-0.25, -0.2) is 17.2 Å². The van der Waals surface area contributed by atoms with Crippen LogP contribution in [0.4, 0.5) is 14.5 Å². The largest absolute Gasteiger partial charge is 0.338 e. The van der Waals surface area contributed by atoms with Crippen molar-refractivity contribution in [1.29, 1.82) is 0 Å². The van der Waals surface area contributed by atoms with E-state index >= 15 is 0 Å². The Balaban J connectivity index is 1.84. The first kappa shape index (κ1) is 18.3. The van der Waals surface area contributed by atoms with Gasteiger partial charge < -0.3 is 4.90 Å². The average Bonchev–Trinajstić information content (AvgIpc) is 2.62. The van der Waals surface area contributed by atoms with E-state index < -0.39 is 21.7 Å². The molecule has 0 atom stereocenters. The van der Waals surface area contributed by atoms with E-state index in [0.29, 0.717) is 37.7 Å². The van der Waals surface area contributed by atoms with E-state index in [2.05, 4.69) is 4.72 Å². The molecule has 1 aliphatic rings. The number of hydrogen-bond donors (Lipinski definition) is 1. The van der Waals surface area contributed by atoms with Gasteiger partial charge in [-0.1, -0.05) is 13.0 Å². The van der Waals surface area contributed by atoms with E-state index in [4.69, 9.17) is 0 Å². The van der Waals surface area contributed by atoms with E-state index in [-0.39, 0.29) is 10.8 Å². The summed E-state index contributed by atoms with van der Waals surface area (Å²) in [5.74, 6) is -2.30. The zero-order valence-corrected chi connectivity index (χ0v) is 14.9. The fraction of sp³-hybridized carbons (Fsp3) is 0.278. The summed E-state index contributed by atoms with van der Waals surface area (Å²) in [6.45, 7) is 2.85. The van der Waals surface area contributed by atoms with Crippen LogP contribution < -0.4 is 4.72 Å². The SMILES string of the molecule is CCC(=O)N1CCc2ccc(NS(=O)(=O)c3ccc(F)c(F)c3)cc2C1. The third kappa shape index (κ3) is 3.70. The summed E-state index contributed by atoms with van der Waals surface area (Å²) in [7, 11) is -4.05. The lowest BCUT2D eigenvalue weighted by Crippen LogP contribution is -2.35. The lowest BCUT2D eigenvalue weighted by Gasteiger charge is -2.29. The van der Waals surface area contributed by atoms with E-state index in [9.17, 15) is 22.0 Å². The maximum Gasteiger partial charge on any atom is 0.261 e. The molecule has 1 amide bonds. The minimum atomic E-state index is -4.05. The highest BCUT2D eigenvalue weighted by atomic mass is 32.2. The van der Waals surface area contributed by atoms with Gasteiger partial charge in [0.2, 0.25) is 5.91 Å². The van der Waals surface area contributed by atoms with Crippen LogP contribution in [0.15, 0.2) is 41.3 Å². The van der Waals surface area contributed by atoms with Gasteiger partial charge in [0.05, 0.1) is 4.90 Å². The third-order valence-electron chi connectivity index (χ3n) is 4.33. The number of carbonyl (C=O) groups excluding carboxylic acids is 1. The molecule has 0 bridgehead atoms. The minimum absolute atomic E-state index is 0.0448. The number of nitrogens with one attached hydrogen (secondary N) is 1. The molecule has 0 saturated carbocycles. The Kier molecular flexibility index (Phi) is 4.95. The second-order valence-electron chi connectivity index (χ2n) is 6.08. The molecule has 1 heterocycles. The van der Waals surface area contributed by atoms with Gasteiger partial charge in [0.1, 0.15) is 0 Å². The Bertz CT molecular complexity index is 961. The Hall–Kier alpha value is -2.48. The molecular weight excluding hydrogens is 362 g/mol. The number of rotatable bonds is 4. The van der Waals surface area contributed by atoms with Gasteiger partial charge >= 0.3 is 0 Å². The maximum absolute atomic E-state index is 13.3. The van der Waals surface area contributed by atoms with E-state index in [0.717, 1.165) is 23.3 Å². The van der Waals surface area contributed by atoms with Crippen molar-refractivity contribution >= 4 is 21.6 Å². The van der Waals surface area contributed by atoms with Crippen LogP contribution in [0.1, 0.15) is 24.5 Å². The first-order chi connectivity index (χ1) is 12.3. The van der Waals surface area contributed by atoms with Gasteiger partial charge in [0.25, 0.3) is 10.0 Å². The molecule has 0 unspecified atom stereocenters. The van der Waals surface area contributed by atoms with Gasteiger partial charge in [-0.2, -0.15) is 0 Å². The predicted octanol–water partition coefficient (Wildman–Crippen LogP) is 3.06.